The summed E-state index contributed by atoms with van der Waals surface area (Å²) >= 11 is 6.32. The van der Waals surface area contributed by atoms with Crippen molar-refractivity contribution in [2.45, 2.75) is 26.4 Å². The number of aryl methyl sites for hydroxylation is 1. The van der Waals surface area contributed by atoms with Gasteiger partial charge in [-0.3, -0.25) is 9.69 Å². The molecule has 0 atom stereocenters. The molecule has 0 saturated heterocycles. The van der Waals surface area contributed by atoms with Crippen LogP contribution < -0.4 is 0 Å². The minimum absolute atomic E-state index is 0.0249. The van der Waals surface area contributed by atoms with Crippen molar-refractivity contribution >= 4 is 29.7 Å². The summed E-state index contributed by atoms with van der Waals surface area (Å²) in [5.41, 5.74) is 4.41. The molecule has 0 aliphatic carbocycles. The molecule has 0 radical (unpaired) electrons. The van der Waals surface area contributed by atoms with Gasteiger partial charge < -0.3 is 5.11 Å². The molecule has 0 aromatic heterocycles. The van der Waals surface area contributed by atoms with Crippen LogP contribution in [0.3, 0.4) is 0 Å². The highest BCUT2D eigenvalue weighted by Gasteiger charge is 2.16. The Bertz CT molecular complexity index is 1050. The Balaban J connectivity index is 1.73. The molecule has 0 saturated carbocycles. The van der Waals surface area contributed by atoms with Crippen LogP contribution in [0, 0.1) is 12.7 Å². The van der Waals surface area contributed by atoms with Crippen LogP contribution in [-0.4, -0.2) is 22.5 Å². The van der Waals surface area contributed by atoms with E-state index in [4.69, 9.17) is 16.7 Å². The fourth-order valence-corrected chi connectivity index (χ4v) is 3.51. The van der Waals surface area contributed by atoms with Gasteiger partial charge in [-0.2, -0.15) is 0 Å². The van der Waals surface area contributed by atoms with Gasteiger partial charge in [0.05, 0.1) is 11.4 Å². The standard InChI is InChI=1S/C26H25ClFNO2/c1-19-7-14-24(28)23(26(19)27)18-29(16-15-25(30)31)17-22-12-10-21(11-13-22)9-8-20-5-3-2-4-6-20/h2-14H,15-18H2,1H3,(H,30,31)/b9-8+. The van der Waals surface area contributed by atoms with Crippen molar-refractivity contribution in [3.8, 4) is 0 Å². The van der Waals surface area contributed by atoms with E-state index in [0.29, 0.717) is 23.7 Å². The highest BCUT2D eigenvalue weighted by atomic mass is 35.5. The Labute approximate surface area is 187 Å². The second-order valence-electron chi connectivity index (χ2n) is 7.50. The first-order valence-corrected chi connectivity index (χ1v) is 10.5. The van der Waals surface area contributed by atoms with E-state index in [1.165, 1.54) is 6.07 Å². The summed E-state index contributed by atoms with van der Waals surface area (Å²) < 4.78 is 14.4. The van der Waals surface area contributed by atoms with Gasteiger partial charge in [0, 0.05) is 25.2 Å². The number of halogens is 2. The van der Waals surface area contributed by atoms with Gasteiger partial charge in [-0.05, 0) is 35.2 Å². The van der Waals surface area contributed by atoms with Crippen molar-refractivity contribution in [3.05, 3.63) is 105 Å². The third-order valence-electron chi connectivity index (χ3n) is 5.06. The van der Waals surface area contributed by atoms with Crippen molar-refractivity contribution in [1.82, 2.24) is 4.90 Å². The lowest BCUT2D eigenvalue weighted by atomic mass is 10.1. The van der Waals surface area contributed by atoms with E-state index >= 15 is 0 Å². The summed E-state index contributed by atoms with van der Waals surface area (Å²) in [6, 6.07) is 21.2. The Hall–Kier alpha value is -2.95. The van der Waals surface area contributed by atoms with Gasteiger partial charge >= 0.3 is 5.97 Å². The van der Waals surface area contributed by atoms with Gasteiger partial charge in [0.1, 0.15) is 5.82 Å². The molecule has 5 heteroatoms. The van der Waals surface area contributed by atoms with E-state index in [-0.39, 0.29) is 18.8 Å². The number of rotatable bonds is 9. The lowest BCUT2D eigenvalue weighted by Gasteiger charge is -2.23. The Kier molecular flexibility index (Phi) is 7.99. The summed E-state index contributed by atoms with van der Waals surface area (Å²) in [4.78, 5) is 13.0. The molecule has 3 nitrogen and oxygen atoms in total. The SMILES string of the molecule is Cc1ccc(F)c(CN(CCC(=O)O)Cc2ccc(/C=C/c3ccccc3)cc2)c1Cl. The second-order valence-corrected chi connectivity index (χ2v) is 7.87. The molecule has 0 fully saturated rings. The van der Waals surface area contributed by atoms with Crippen LogP contribution in [-0.2, 0) is 17.9 Å². The van der Waals surface area contributed by atoms with Crippen molar-refractivity contribution in [3.63, 3.8) is 0 Å². The number of carboxylic acid groups (broad SMARTS) is 1. The molecule has 160 valence electrons. The van der Waals surface area contributed by atoms with Gasteiger partial charge in [0.2, 0.25) is 0 Å². The van der Waals surface area contributed by atoms with E-state index in [0.717, 1.165) is 22.3 Å². The van der Waals surface area contributed by atoms with E-state index < -0.39 is 5.97 Å². The maximum absolute atomic E-state index is 14.4. The number of carbonyl (C=O) groups is 1. The van der Waals surface area contributed by atoms with E-state index in [2.05, 4.69) is 6.08 Å². The van der Waals surface area contributed by atoms with E-state index in [1.54, 1.807) is 6.07 Å². The van der Waals surface area contributed by atoms with Gasteiger partial charge in [-0.25, -0.2) is 4.39 Å². The highest BCUT2D eigenvalue weighted by molar-refractivity contribution is 6.32. The molecule has 31 heavy (non-hydrogen) atoms. The van der Waals surface area contributed by atoms with E-state index in [9.17, 15) is 9.18 Å². The molecule has 3 aromatic rings. The van der Waals surface area contributed by atoms with Crippen LogP contribution in [0.25, 0.3) is 12.2 Å². The largest absolute Gasteiger partial charge is 0.481 e. The second kappa shape index (κ2) is 10.9. The topological polar surface area (TPSA) is 40.5 Å². The number of hydrogen-bond acceptors (Lipinski definition) is 2. The Morgan fingerprint density at radius 3 is 2.26 bits per heavy atom. The smallest absolute Gasteiger partial charge is 0.304 e. The minimum Gasteiger partial charge on any atom is -0.481 e. The number of carboxylic acids is 1. The molecule has 3 aromatic carbocycles. The quantitative estimate of drug-likeness (QED) is 0.392. The van der Waals surface area contributed by atoms with Gasteiger partial charge in [-0.15, -0.1) is 0 Å². The van der Waals surface area contributed by atoms with Crippen molar-refractivity contribution in [1.29, 1.82) is 0 Å². The number of hydrogen-bond donors (Lipinski definition) is 1. The molecular weight excluding hydrogens is 413 g/mol. The first kappa shape index (κ1) is 22.7. The zero-order valence-electron chi connectivity index (χ0n) is 17.4. The summed E-state index contributed by atoms with van der Waals surface area (Å²) in [5.74, 6) is -1.26. The summed E-state index contributed by atoms with van der Waals surface area (Å²) in [6.45, 7) is 2.87. The molecule has 0 aliphatic heterocycles. The molecule has 3 rings (SSSR count). The Morgan fingerprint density at radius 2 is 1.61 bits per heavy atom. The molecule has 0 aliphatic rings. The van der Waals surface area contributed by atoms with Crippen molar-refractivity contribution in [2.24, 2.45) is 0 Å². The predicted octanol–water partition coefficient (Wildman–Crippen LogP) is 6.43. The molecule has 1 N–H and O–H groups in total. The van der Waals surface area contributed by atoms with Crippen LogP contribution in [0.2, 0.25) is 5.02 Å². The molecule has 0 unspecified atom stereocenters. The Morgan fingerprint density at radius 1 is 0.968 bits per heavy atom. The fraction of sp³-hybridized carbons (Fsp3) is 0.192. The molecule has 0 amide bonds. The summed E-state index contributed by atoms with van der Waals surface area (Å²) in [7, 11) is 0. The highest BCUT2D eigenvalue weighted by Crippen LogP contribution is 2.25. The number of nitrogens with zero attached hydrogens (tertiary/aromatic N) is 1. The zero-order valence-corrected chi connectivity index (χ0v) is 18.1. The first-order chi connectivity index (χ1) is 14.9. The molecule has 0 spiro atoms. The van der Waals surface area contributed by atoms with Crippen LogP contribution in [0.4, 0.5) is 4.39 Å². The lowest BCUT2D eigenvalue weighted by Crippen LogP contribution is -2.26. The predicted molar refractivity (Wildman–Crippen MR) is 124 cm³/mol. The third kappa shape index (κ3) is 6.78. The van der Waals surface area contributed by atoms with Gasteiger partial charge in [-0.1, -0.05) is 84.4 Å². The first-order valence-electron chi connectivity index (χ1n) is 10.1. The van der Waals surface area contributed by atoms with Crippen LogP contribution in [0.1, 0.15) is 34.2 Å². The molecule has 0 heterocycles. The summed E-state index contributed by atoms with van der Waals surface area (Å²) in [6.07, 6.45) is 4.07. The zero-order chi connectivity index (χ0) is 22.2. The maximum atomic E-state index is 14.4. The number of aliphatic carboxylic acids is 1. The minimum atomic E-state index is -0.887. The van der Waals surface area contributed by atoms with Crippen LogP contribution >= 0.6 is 11.6 Å². The fourth-order valence-electron chi connectivity index (χ4n) is 3.30. The monoisotopic (exact) mass is 437 g/mol. The lowest BCUT2D eigenvalue weighted by molar-refractivity contribution is -0.137. The van der Waals surface area contributed by atoms with Gasteiger partial charge in [0.15, 0.2) is 0 Å². The molecule has 0 bridgehead atoms. The van der Waals surface area contributed by atoms with Crippen LogP contribution in [0.5, 0.6) is 0 Å². The number of benzene rings is 3. The molecular formula is C26H25ClFNO2. The summed E-state index contributed by atoms with van der Waals surface area (Å²) in [5, 5.41) is 9.49. The van der Waals surface area contributed by atoms with Crippen molar-refractivity contribution in [2.75, 3.05) is 6.54 Å². The maximum Gasteiger partial charge on any atom is 0.304 e. The normalized spacial score (nSPS) is 11.4. The van der Waals surface area contributed by atoms with Crippen LogP contribution in [0.15, 0.2) is 66.7 Å². The third-order valence-corrected chi connectivity index (χ3v) is 5.58. The van der Waals surface area contributed by atoms with Crippen molar-refractivity contribution < 1.29 is 14.3 Å². The van der Waals surface area contributed by atoms with E-state index in [1.807, 2.05) is 72.5 Å². The van der Waals surface area contributed by atoms with Gasteiger partial charge in [0.25, 0.3) is 0 Å². The average molecular weight is 438 g/mol. The average Bonchev–Trinajstić information content (AvgIpc) is 2.77.